The van der Waals surface area contributed by atoms with Gasteiger partial charge in [0, 0.05) is 11.1 Å². The number of nitrogens with one attached hydrogen (secondary N) is 3. The van der Waals surface area contributed by atoms with Gasteiger partial charge in [0.1, 0.15) is 45.1 Å². The summed E-state index contributed by atoms with van der Waals surface area (Å²) in [6.07, 6.45) is 1.91. The molecule has 0 bridgehead atoms. The van der Waals surface area contributed by atoms with Gasteiger partial charge in [0.2, 0.25) is 0 Å². The molecule has 0 unspecified atom stereocenters. The Hall–Kier alpha value is -2.50. The lowest BCUT2D eigenvalue weighted by molar-refractivity contribution is -1.02. The van der Waals surface area contributed by atoms with Gasteiger partial charge in [0.05, 0.1) is 17.5 Å². The fourth-order valence-corrected chi connectivity index (χ4v) is 3.78. The Labute approximate surface area is 153 Å². The second-order valence-electron chi connectivity index (χ2n) is 7.12. The molecule has 0 spiro atoms. The van der Waals surface area contributed by atoms with Gasteiger partial charge in [-0.3, -0.25) is 5.10 Å². The number of aromatic amines is 1. The number of nitrogens with zero attached hydrogens (tertiary/aromatic N) is 1. The van der Waals surface area contributed by atoms with Gasteiger partial charge >= 0.3 is 0 Å². The maximum atomic E-state index is 13.2. The summed E-state index contributed by atoms with van der Waals surface area (Å²) < 4.78 is 13.2. The second-order valence-corrected chi connectivity index (χ2v) is 7.12. The van der Waals surface area contributed by atoms with Crippen molar-refractivity contribution in [2.24, 2.45) is 0 Å². The zero-order valence-corrected chi connectivity index (χ0v) is 14.8. The van der Waals surface area contributed by atoms with Crippen LogP contribution in [0.25, 0.3) is 11.3 Å². The van der Waals surface area contributed by atoms with Crippen LogP contribution in [-0.4, -0.2) is 36.4 Å². The Morgan fingerprint density at radius 3 is 2.19 bits per heavy atom. The second kappa shape index (κ2) is 7.81. The van der Waals surface area contributed by atoms with Crippen LogP contribution >= 0.6 is 0 Å². The van der Waals surface area contributed by atoms with Crippen molar-refractivity contribution in [1.82, 2.24) is 10.2 Å². The smallest absolute Gasteiger partial charge is 0.127 e. The first-order chi connectivity index (χ1) is 12.8. The van der Waals surface area contributed by atoms with Gasteiger partial charge in [-0.2, -0.15) is 5.10 Å². The Bertz CT molecular complexity index is 821. The third-order valence-corrected chi connectivity index (χ3v) is 5.25. The highest BCUT2D eigenvalue weighted by Crippen LogP contribution is 2.20. The molecule has 3 aromatic rings. The molecule has 0 radical (unpaired) electrons. The summed E-state index contributed by atoms with van der Waals surface area (Å²) in [7, 11) is 0. The Kier molecular flexibility index (Phi) is 5.09. The molecule has 0 aliphatic carbocycles. The van der Waals surface area contributed by atoms with Crippen molar-refractivity contribution < 1.29 is 14.2 Å². The molecule has 0 atom stereocenters. The Morgan fingerprint density at radius 2 is 1.50 bits per heavy atom. The van der Waals surface area contributed by atoms with Crippen LogP contribution in [0.4, 0.5) is 4.39 Å². The highest BCUT2D eigenvalue weighted by molar-refractivity contribution is 5.62. The topological polar surface area (TPSA) is 37.6 Å². The van der Waals surface area contributed by atoms with Crippen molar-refractivity contribution in [2.75, 3.05) is 26.2 Å². The van der Waals surface area contributed by atoms with Crippen LogP contribution in [0.15, 0.2) is 60.8 Å². The first-order valence-electron chi connectivity index (χ1n) is 9.27. The lowest BCUT2D eigenvalue weighted by Crippen LogP contribution is -3.27. The third-order valence-electron chi connectivity index (χ3n) is 5.25. The van der Waals surface area contributed by atoms with E-state index in [-0.39, 0.29) is 5.82 Å². The van der Waals surface area contributed by atoms with E-state index in [1.54, 1.807) is 9.80 Å². The fraction of sp³-hybridized carbons (Fsp3) is 0.286. The van der Waals surface area contributed by atoms with Gasteiger partial charge in [-0.05, 0) is 24.3 Å². The molecule has 2 heterocycles. The number of hydrogen-bond donors (Lipinski definition) is 3. The number of aromatic nitrogens is 2. The van der Waals surface area contributed by atoms with Gasteiger partial charge in [0.25, 0.3) is 0 Å². The Morgan fingerprint density at radius 1 is 0.846 bits per heavy atom. The molecule has 1 aliphatic rings. The largest absolute Gasteiger partial charge is 0.322 e. The van der Waals surface area contributed by atoms with Crippen molar-refractivity contribution in [3.05, 3.63) is 77.7 Å². The summed E-state index contributed by atoms with van der Waals surface area (Å²) >= 11 is 0. The number of benzene rings is 2. The van der Waals surface area contributed by atoms with Crippen molar-refractivity contribution in [3.63, 3.8) is 0 Å². The van der Waals surface area contributed by atoms with Gasteiger partial charge < -0.3 is 9.80 Å². The molecule has 1 aromatic heterocycles. The van der Waals surface area contributed by atoms with Crippen LogP contribution in [0.3, 0.4) is 0 Å². The minimum Gasteiger partial charge on any atom is -0.322 e. The van der Waals surface area contributed by atoms with Gasteiger partial charge in [0.15, 0.2) is 0 Å². The first-order valence-corrected chi connectivity index (χ1v) is 9.27. The SMILES string of the molecule is Fc1ccc(-c2[nH]ncc2C[NH+]2CC[NH+](Cc3ccccc3)CC2)cc1. The molecule has 3 N–H and O–H groups in total. The van der Waals surface area contributed by atoms with Crippen LogP contribution in [0.1, 0.15) is 11.1 Å². The third kappa shape index (κ3) is 4.00. The zero-order valence-electron chi connectivity index (χ0n) is 14.8. The van der Waals surface area contributed by atoms with Crippen LogP contribution in [0.2, 0.25) is 0 Å². The molecule has 4 nitrogen and oxygen atoms in total. The van der Waals surface area contributed by atoms with E-state index in [9.17, 15) is 4.39 Å². The predicted octanol–water partition coefficient (Wildman–Crippen LogP) is 0.699. The quantitative estimate of drug-likeness (QED) is 0.621. The number of hydrogen-bond acceptors (Lipinski definition) is 1. The standard InChI is InChI=1S/C21H23FN4/c22-20-8-6-18(7-9-20)21-19(14-23-24-21)16-26-12-10-25(11-13-26)15-17-4-2-1-3-5-17/h1-9,14H,10-13,15-16H2,(H,23,24)/p+2. The number of halogens is 1. The lowest BCUT2D eigenvalue weighted by atomic mass is 10.1. The average Bonchev–Trinajstić information content (AvgIpc) is 3.13. The van der Waals surface area contributed by atoms with Crippen molar-refractivity contribution in [1.29, 1.82) is 0 Å². The molecule has 2 aromatic carbocycles. The molecular weight excluding hydrogens is 327 g/mol. The van der Waals surface area contributed by atoms with Gasteiger partial charge in [-0.15, -0.1) is 0 Å². The summed E-state index contributed by atoms with van der Waals surface area (Å²) in [6, 6.07) is 17.4. The number of rotatable bonds is 5. The van der Waals surface area contributed by atoms with Crippen LogP contribution in [0.5, 0.6) is 0 Å². The minimum atomic E-state index is -0.210. The van der Waals surface area contributed by atoms with Crippen LogP contribution < -0.4 is 9.80 Å². The number of piperazine rings is 1. The van der Waals surface area contributed by atoms with E-state index in [0.717, 1.165) is 37.4 Å². The molecule has 134 valence electrons. The Balaban J connectivity index is 1.35. The fourth-order valence-electron chi connectivity index (χ4n) is 3.78. The summed E-state index contributed by atoms with van der Waals surface area (Å²) in [6.45, 7) is 6.77. The molecule has 5 heteroatoms. The van der Waals surface area contributed by atoms with Crippen molar-refractivity contribution in [2.45, 2.75) is 13.1 Å². The highest BCUT2D eigenvalue weighted by Gasteiger charge is 2.24. The normalized spacial score (nSPS) is 20.2. The van der Waals surface area contributed by atoms with E-state index in [1.807, 2.05) is 18.3 Å². The molecule has 1 aliphatic heterocycles. The highest BCUT2D eigenvalue weighted by atomic mass is 19.1. The van der Waals surface area contributed by atoms with Gasteiger partial charge in [-0.1, -0.05) is 30.3 Å². The lowest BCUT2D eigenvalue weighted by Gasteiger charge is -2.29. The summed E-state index contributed by atoms with van der Waals surface area (Å²) in [5.74, 6) is -0.210. The summed E-state index contributed by atoms with van der Waals surface area (Å²) in [5.41, 5.74) is 4.63. The minimum absolute atomic E-state index is 0.210. The summed E-state index contributed by atoms with van der Waals surface area (Å²) in [4.78, 5) is 3.25. The molecule has 4 rings (SSSR count). The van der Waals surface area contributed by atoms with E-state index in [4.69, 9.17) is 0 Å². The molecule has 1 saturated heterocycles. The number of quaternary nitrogens is 2. The van der Waals surface area contributed by atoms with E-state index in [0.29, 0.717) is 0 Å². The van der Waals surface area contributed by atoms with Gasteiger partial charge in [-0.25, -0.2) is 4.39 Å². The van der Waals surface area contributed by atoms with E-state index < -0.39 is 0 Å². The monoisotopic (exact) mass is 352 g/mol. The molecule has 0 saturated carbocycles. The number of H-pyrrole nitrogens is 1. The zero-order chi connectivity index (χ0) is 17.8. The van der Waals surface area contributed by atoms with E-state index in [2.05, 4.69) is 40.5 Å². The maximum absolute atomic E-state index is 13.2. The van der Waals surface area contributed by atoms with Crippen LogP contribution in [0, 0.1) is 5.82 Å². The molecule has 1 fully saturated rings. The van der Waals surface area contributed by atoms with Crippen LogP contribution in [-0.2, 0) is 13.1 Å². The molecule has 0 amide bonds. The molecule has 26 heavy (non-hydrogen) atoms. The van der Waals surface area contributed by atoms with E-state index >= 15 is 0 Å². The predicted molar refractivity (Wildman–Crippen MR) is 99.2 cm³/mol. The van der Waals surface area contributed by atoms with Crippen molar-refractivity contribution in [3.8, 4) is 11.3 Å². The first kappa shape index (κ1) is 16.9. The molecular formula is C21H25FN4+2. The van der Waals surface area contributed by atoms with E-state index in [1.165, 1.54) is 36.3 Å². The summed E-state index contributed by atoms with van der Waals surface area (Å²) in [5, 5.41) is 7.30. The van der Waals surface area contributed by atoms with Crippen molar-refractivity contribution >= 4 is 0 Å². The maximum Gasteiger partial charge on any atom is 0.127 e. The average molecular weight is 352 g/mol.